The normalized spacial score (nSPS) is 23.7. The molecule has 2 aliphatic heterocycles. The van der Waals surface area contributed by atoms with Crippen LogP contribution in [0.4, 0.5) is 10.2 Å². The van der Waals surface area contributed by atoms with E-state index in [4.69, 9.17) is 0 Å². The first kappa shape index (κ1) is 20.4. The average Bonchev–Trinajstić information content (AvgIpc) is 3.07. The molecule has 2 fully saturated rings. The van der Waals surface area contributed by atoms with E-state index in [1.165, 1.54) is 17.2 Å². The van der Waals surface area contributed by atoms with E-state index in [1.807, 2.05) is 6.07 Å². The first-order valence-electron chi connectivity index (χ1n) is 11.5. The van der Waals surface area contributed by atoms with Gasteiger partial charge in [-0.05, 0) is 68.5 Å². The van der Waals surface area contributed by atoms with E-state index in [2.05, 4.69) is 44.4 Å². The third kappa shape index (κ3) is 3.93. The number of carbonyl (C=O) groups is 1. The molecule has 2 saturated heterocycles. The molecule has 5 nitrogen and oxygen atoms in total. The number of piperidine rings is 2. The van der Waals surface area contributed by atoms with E-state index in [1.54, 1.807) is 13.0 Å². The van der Waals surface area contributed by atoms with Crippen LogP contribution in [0.15, 0.2) is 42.5 Å². The van der Waals surface area contributed by atoms with E-state index in [0.717, 1.165) is 64.1 Å². The Bertz CT molecular complexity index is 948. The van der Waals surface area contributed by atoms with Crippen LogP contribution >= 0.6 is 0 Å². The van der Waals surface area contributed by atoms with Crippen LogP contribution < -0.4 is 10.2 Å². The summed E-state index contributed by atoms with van der Waals surface area (Å²) in [4.78, 5) is 20.7. The van der Waals surface area contributed by atoms with Gasteiger partial charge in [-0.25, -0.2) is 4.98 Å². The fourth-order valence-corrected chi connectivity index (χ4v) is 6.09. The van der Waals surface area contributed by atoms with Gasteiger partial charge in [0.1, 0.15) is 5.82 Å². The highest BCUT2D eigenvalue weighted by Gasteiger charge is 2.46. The number of fused-ring (bicyclic) bond motifs is 2. The highest BCUT2D eigenvalue weighted by Crippen LogP contribution is 2.51. The lowest BCUT2D eigenvalue weighted by Gasteiger charge is -2.45. The van der Waals surface area contributed by atoms with Crippen molar-refractivity contribution >= 4 is 11.7 Å². The molecule has 2 aromatic rings. The minimum Gasteiger partial charge on any atom is -0.356 e. The Morgan fingerprint density at radius 1 is 1.06 bits per heavy atom. The Balaban J connectivity index is 1.22. The van der Waals surface area contributed by atoms with Crippen molar-refractivity contribution in [1.82, 2.24) is 15.2 Å². The molecule has 1 N–H and O–H groups in total. The summed E-state index contributed by atoms with van der Waals surface area (Å²) in [6.07, 6.45) is 5.49. The summed E-state index contributed by atoms with van der Waals surface area (Å²) in [5.74, 6) is 0.395. The van der Waals surface area contributed by atoms with Gasteiger partial charge in [-0.15, -0.1) is 0 Å². The molecule has 1 aromatic heterocycles. The van der Waals surface area contributed by atoms with Crippen LogP contribution in [-0.2, 0) is 10.2 Å². The van der Waals surface area contributed by atoms with Crippen molar-refractivity contribution in [1.29, 1.82) is 0 Å². The molecule has 3 aliphatic rings. The molecule has 0 saturated carbocycles. The highest BCUT2D eigenvalue weighted by molar-refractivity contribution is 5.73. The first-order chi connectivity index (χ1) is 15.0. The molecule has 0 bridgehead atoms. The van der Waals surface area contributed by atoms with Crippen LogP contribution in [0.25, 0.3) is 0 Å². The van der Waals surface area contributed by atoms with Gasteiger partial charge >= 0.3 is 0 Å². The smallest absolute Gasteiger partial charge is 0.217 e. The van der Waals surface area contributed by atoms with Gasteiger partial charge in [0.25, 0.3) is 0 Å². The number of nitrogens with one attached hydrogen (secondary N) is 1. The summed E-state index contributed by atoms with van der Waals surface area (Å²) >= 11 is 0. The van der Waals surface area contributed by atoms with E-state index in [9.17, 15) is 9.18 Å². The second kappa shape index (κ2) is 8.23. The lowest BCUT2D eigenvalue weighted by molar-refractivity contribution is -0.119. The lowest BCUT2D eigenvalue weighted by atomic mass is 9.73. The number of rotatable bonds is 3. The fraction of sp³-hybridized carbons (Fsp3) is 0.520. The summed E-state index contributed by atoms with van der Waals surface area (Å²) in [5, 5.41) is 3.18. The van der Waals surface area contributed by atoms with Gasteiger partial charge in [0, 0.05) is 31.5 Å². The quantitative estimate of drug-likeness (QED) is 0.765. The summed E-state index contributed by atoms with van der Waals surface area (Å²) in [6, 6.07) is 14.5. The summed E-state index contributed by atoms with van der Waals surface area (Å²) in [7, 11) is 0. The second-order valence-corrected chi connectivity index (χ2v) is 9.40. The Labute approximate surface area is 183 Å². The predicted octanol–water partition coefficient (Wildman–Crippen LogP) is 3.80. The van der Waals surface area contributed by atoms with E-state index < -0.39 is 5.95 Å². The highest BCUT2D eigenvalue weighted by atomic mass is 19.1. The number of nitrogens with zero attached hydrogens (tertiary/aromatic N) is 3. The van der Waals surface area contributed by atoms with Crippen molar-refractivity contribution in [3.05, 3.63) is 59.5 Å². The third-order valence-corrected chi connectivity index (χ3v) is 7.64. The lowest BCUT2D eigenvalue weighted by Crippen LogP contribution is -2.50. The zero-order valence-corrected chi connectivity index (χ0v) is 18.2. The maximum absolute atomic E-state index is 13.5. The molecule has 3 heterocycles. The number of hydrogen-bond acceptors (Lipinski definition) is 4. The number of hydrogen-bond donors (Lipinski definition) is 1. The average molecular weight is 423 g/mol. The number of aromatic nitrogens is 1. The number of halogens is 1. The van der Waals surface area contributed by atoms with Gasteiger partial charge in [-0.1, -0.05) is 30.3 Å². The van der Waals surface area contributed by atoms with Gasteiger partial charge in [0.15, 0.2) is 0 Å². The van der Waals surface area contributed by atoms with E-state index in [-0.39, 0.29) is 17.4 Å². The Morgan fingerprint density at radius 3 is 2.52 bits per heavy atom. The topological polar surface area (TPSA) is 48.5 Å². The summed E-state index contributed by atoms with van der Waals surface area (Å²) < 4.78 is 13.5. The van der Waals surface area contributed by atoms with Crippen LogP contribution in [0, 0.1) is 5.95 Å². The molecule has 1 spiro atoms. The van der Waals surface area contributed by atoms with Crippen molar-refractivity contribution in [3.8, 4) is 0 Å². The molecule has 6 heteroatoms. The SMILES string of the molecule is CC(=O)N[C@H]1CC2(CCN(C3CCN(c4cccc(F)n4)CC3)CC2)c2ccccc21. The minimum absolute atomic E-state index is 0.0498. The molecule has 1 atom stereocenters. The molecule has 1 aliphatic carbocycles. The van der Waals surface area contributed by atoms with Crippen molar-refractivity contribution < 1.29 is 9.18 Å². The van der Waals surface area contributed by atoms with Crippen molar-refractivity contribution in [2.24, 2.45) is 0 Å². The van der Waals surface area contributed by atoms with Crippen LogP contribution in [0.3, 0.4) is 0 Å². The first-order valence-corrected chi connectivity index (χ1v) is 11.5. The molecule has 31 heavy (non-hydrogen) atoms. The summed E-state index contributed by atoms with van der Waals surface area (Å²) in [5.41, 5.74) is 2.94. The van der Waals surface area contributed by atoms with Crippen LogP contribution in [0.1, 0.15) is 56.2 Å². The fourth-order valence-electron chi connectivity index (χ4n) is 6.09. The standard InChI is InChI=1S/C25H31FN4O/c1-18(31)27-22-17-25(21-6-3-2-5-20(21)22)11-15-29(16-12-25)19-9-13-30(14-10-19)24-8-4-7-23(26)28-24/h2-8,19,22H,9-17H2,1H3,(H,27,31)/t22-/m0/s1. The van der Waals surface area contributed by atoms with Gasteiger partial charge in [-0.3, -0.25) is 4.79 Å². The van der Waals surface area contributed by atoms with Crippen LogP contribution in [0.5, 0.6) is 0 Å². The molecule has 0 unspecified atom stereocenters. The Hall–Kier alpha value is -2.47. The number of carbonyl (C=O) groups excluding carboxylic acids is 1. The van der Waals surface area contributed by atoms with Gasteiger partial charge in [0.2, 0.25) is 11.9 Å². The zero-order chi connectivity index (χ0) is 21.4. The van der Waals surface area contributed by atoms with Gasteiger partial charge < -0.3 is 15.1 Å². The number of pyridine rings is 1. The van der Waals surface area contributed by atoms with Crippen molar-refractivity contribution in [2.45, 2.75) is 56.5 Å². The molecular weight excluding hydrogens is 391 g/mol. The number of benzene rings is 1. The molecule has 0 radical (unpaired) electrons. The maximum Gasteiger partial charge on any atom is 0.217 e. The molecule has 1 amide bonds. The second-order valence-electron chi connectivity index (χ2n) is 9.40. The summed E-state index contributed by atoms with van der Waals surface area (Å²) in [6.45, 7) is 5.67. The van der Waals surface area contributed by atoms with Crippen LogP contribution in [-0.4, -0.2) is 48.0 Å². The zero-order valence-electron chi connectivity index (χ0n) is 18.2. The van der Waals surface area contributed by atoms with Gasteiger partial charge in [-0.2, -0.15) is 4.39 Å². The molecule has 164 valence electrons. The van der Waals surface area contributed by atoms with E-state index in [0.29, 0.717) is 6.04 Å². The monoisotopic (exact) mass is 422 g/mol. The molecule has 1 aromatic carbocycles. The Morgan fingerprint density at radius 2 is 1.81 bits per heavy atom. The minimum atomic E-state index is -0.407. The third-order valence-electron chi connectivity index (χ3n) is 7.64. The predicted molar refractivity (Wildman–Crippen MR) is 120 cm³/mol. The molecular formula is C25H31FN4O. The largest absolute Gasteiger partial charge is 0.356 e. The van der Waals surface area contributed by atoms with Gasteiger partial charge in [0.05, 0.1) is 6.04 Å². The van der Waals surface area contributed by atoms with Crippen molar-refractivity contribution in [3.63, 3.8) is 0 Å². The van der Waals surface area contributed by atoms with Crippen LogP contribution in [0.2, 0.25) is 0 Å². The number of likely N-dealkylation sites (tertiary alicyclic amines) is 1. The maximum atomic E-state index is 13.5. The number of amides is 1. The number of anilines is 1. The molecule has 5 rings (SSSR count). The van der Waals surface area contributed by atoms with E-state index >= 15 is 0 Å². The Kier molecular flexibility index (Phi) is 5.42. The van der Waals surface area contributed by atoms with Crippen molar-refractivity contribution in [2.75, 3.05) is 31.1 Å².